The van der Waals surface area contributed by atoms with E-state index in [1.807, 2.05) is 0 Å². The van der Waals surface area contributed by atoms with E-state index in [9.17, 15) is 0 Å². The zero-order valence-corrected chi connectivity index (χ0v) is 5.68. The van der Waals surface area contributed by atoms with Crippen LogP contribution in [0.5, 0.6) is 0 Å². The van der Waals surface area contributed by atoms with Crippen molar-refractivity contribution in [1.82, 2.24) is 4.86 Å². The maximum absolute atomic E-state index is 3.06. The Morgan fingerprint density at radius 3 is 2.17 bits per heavy atom. The monoisotopic (exact) mass is 139 g/mol. The lowest BCUT2D eigenvalue weighted by Gasteiger charge is -1.71. The molecule has 0 aliphatic carbocycles. The van der Waals surface area contributed by atoms with Crippen LogP contribution in [0, 0.1) is 0 Å². The molecule has 1 aliphatic rings. The molecule has 1 heterocycles. The van der Waals surface area contributed by atoms with Crippen LogP contribution in [0.25, 0.3) is 0 Å². The van der Waals surface area contributed by atoms with Gasteiger partial charge < -0.3 is 0 Å². The minimum absolute atomic E-state index is 0.715. The van der Waals surface area contributed by atoms with Gasteiger partial charge in [-0.1, -0.05) is 0 Å². The molecule has 1 rings (SSSR count). The molecule has 0 aromatic heterocycles. The molecule has 0 bridgehead atoms. The summed E-state index contributed by atoms with van der Waals surface area (Å²) in [5.41, 5.74) is 0. The van der Waals surface area contributed by atoms with Crippen LogP contribution in [0.15, 0.2) is 0 Å². The average molecular weight is 139 g/mol. The van der Waals surface area contributed by atoms with Crippen molar-refractivity contribution in [3.8, 4) is 0 Å². The highest BCUT2D eigenvalue weighted by Gasteiger charge is 1.96. The van der Waals surface area contributed by atoms with Crippen LogP contribution >= 0.6 is 25.9 Å². The first-order valence-electron chi connectivity index (χ1n) is 1.39. The quantitative estimate of drug-likeness (QED) is 0.345. The molecule has 3 nitrogen and oxygen atoms in total. The summed E-state index contributed by atoms with van der Waals surface area (Å²) in [6.45, 7) is 0. The van der Waals surface area contributed by atoms with Crippen LogP contribution in [0.3, 0.4) is 0 Å². The molecule has 0 spiro atoms. The highest BCUT2D eigenvalue weighted by Crippen LogP contribution is 1.90. The van der Waals surface area contributed by atoms with Crippen LogP contribution in [-0.2, 0) is 0 Å². The second-order valence-electron chi connectivity index (χ2n) is 0.672. The summed E-state index contributed by atoms with van der Waals surface area (Å²) in [6, 6.07) is 0. The molecule has 0 fully saturated rings. The van der Waals surface area contributed by atoms with E-state index in [1.165, 1.54) is 0 Å². The van der Waals surface area contributed by atoms with Gasteiger partial charge in [0.25, 0.3) is 0 Å². The smallest absolute Gasteiger partial charge is 0.149 e. The molecule has 0 unspecified atom stereocenters. The fraction of sp³-hybridized carbons (Fsp3) is 0. The van der Waals surface area contributed by atoms with E-state index in [4.69, 9.17) is 0 Å². The van der Waals surface area contributed by atoms with Crippen molar-refractivity contribution in [2.24, 2.45) is 0 Å². The predicted octanol–water partition coefficient (Wildman–Crippen LogP) is -1.65. The Morgan fingerprint density at radius 1 is 1.33 bits per heavy atom. The van der Waals surface area contributed by atoms with Crippen LogP contribution < -0.4 is 13.9 Å². The lowest BCUT2D eigenvalue weighted by Crippen LogP contribution is -2.70. The predicted molar refractivity (Wildman–Crippen MR) is 27.2 cm³/mol. The van der Waals surface area contributed by atoms with E-state index in [0.717, 1.165) is 17.0 Å². The van der Waals surface area contributed by atoms with Gasteiger partial charge in [-0.25, -0.2) is 0 Å². The molecule has 0 atom stereocenters. The molecule has 6 heteroatoms. The summed E-state index contributed by atoms with van der Waals surface area (Å²) < 4.78 is 6.11. The summed E-state index contributed by atoms with van der Waals surface area (Å²) in [5.74, 6) is 0. The van der Waals surface area contributed by atoms with E-state index >= 15 is 0 Å². The lowest BCUT2D eigenvalue weighted by atomic mass is 13.8. The first kappa shape index (κ1) is 4.74. The molecular formula is H4N3P3+2. The van der Waals surface area contributed by atoms with Gasteiger partial charge in [0.1, 0.15) is 0 Å². The molecule has 0 saturated heterocycles. The fourth-order valence-electron chi connectivity index (χ4n) is 0.156. The number of hydrogen-bond donors (Lipinski definition) is 3. The van der Waals surface area contributed by atoms with Gasteiger partial charge >= 0.3 is 25.9 Å². The summed E-state index contributed by atoms with van der Waals surface area (Å²) in [6.07, 6.45) is 0. The maximum Gasteiger partial charge on any atom is 0.470 e. The lowest BCUT2D eigenvalue weighted by molar-refractivity contribution is -0.351. The molecule has 0 aromatic rings. The minimum atomic E-state index is 0.715. The first-order valence-corrected chi connectivity index (χ1v) is 4.18. The average Bonchev–Trinajstić information content (AvgIpc) is 1.72. The van der Waals surface area contributed by atoms with Crippen molar-refractivity contribution >= 4 is 25.9 Å². The summed E-state index contributed by atoms with van der Waals surface area (Å²) in [4.78, 5) is 3.01. The van der Waals surface area contributed by atoms with E-state index in [1.54, 1.807) is 0 Å². The number of hydrogen-bond acceptors (Lipinski definition) is 1. The van der Waals surface area contributed by atoms with Crippen molar-refractivity contribution in [1.29, 1.82) is 0 Å². The third-order valence-electron chi connectivity index (χ3n) is 0.324. The van der Waals surface area contributed by atoms with Gasteiger partial charge in [0.05, 0.1) is 0 Å². The first-order chi connectivity index (χ1) is 3.00. The third-order valence-corrected chi connectivity index (χ3v) is 2.91. The van der Waals surface area contributed by atoms with Crippen molar-refractivity contribution in [3.63, 3.8) is 0 Å². The second-order valence-corrected chi connectivity index (χ2v) is 3.96. The highest BCUT2D eigenvalue weighted by molar-refractivity contribution is 7.44. The molecule has 6 heavy (non-hydrogen) atoms. The van der Waals surface area contributed by atoms with E-state index in [0.29, 0.717) is 8.88 Å². The SMILES string of the molecule is N1P=[NH+]P[NH+]=P1. The minimum Gasteiger partial charge on any atom is -0.149 e. The van der Waals surface area contributed by atoms with E-state index in [-0.39, 0.29) is 0 Å². The van der Waals surface area contributed by atoms with E-state index < -0.39 is 0 Å². The molecule has 1 aliphatic heterocycles. The normalized spacial score (nSPS) is 28.0. The Morgan fingerprint density at radius 2 is 2.00 bits per heavy atom. The third kappa shape index (κ3) is 1.36. The zero-order valence-electron chi connectivity index (χ0n) is 2.89. The summed E-state index contributed by atoms with van der Waals surface area (Å²) in [7, 11) is 2.99. The van der Waals surface area contributed by atoms with Crippen molar-refractivity contribution in [2.75, 3.05) is 0 Å². The molecule has 0 radical (unpaired) electrons. The Bertz CT molecular complexity index is 64.0. The zero-order chi connectivity index (χ0) is 4.24. The number of rotatable bonds is 0. The van der Waals surface area contributed by atoms with Crippen LogP contribution in [0.2, 0.25) is 0 Å². The van der Waals surface area contributed by atoms with Gasteiger partial charge in [-0.05, 0) is 0 Å². The van der Waals surface area contributed by atoms with Crippen molar-refractivity contribution in [3.05, 3.63) is 0 Å². The molecule has 32 valence electrons. The van der Waals surface area contributed by atoms with Gasteiger partial charge in [0.15, 0.2) is 0 Å². The summed E-state index contributed by atoms with van der Waals surface area (Å²) in [5, 5.41) is 0. The van der Waals surface area contributed by atoms with Crippen molar-refractivity contribution in [2.45, 2.75) is 0 Å². The summed E-state index contributed by atoms with van der Waals surface area (Å²) >= 11 is 0. The largest absolute Gasteiger partial charge is 0.470 e. The standard InChI is InChI=1S/H2N3P3/c1-4-2-6-3-5-1/h4H,(H,1,2,3)/p+2. The molecule has 0 aromatic carbocycles. The number of nitrogens with one attached hydrogen (secondary N) is 3. The Hall–Kier alpha value is 0.590. The van der Waals surface area contributed by atoms with Gasteiger partial charge in [-0.3, -0.25) is 0 Å². The fourth-order valence-corrected chi connectivity index (χ4v) is 2.75. The highest BCUT2D eigenvalue weighted by atomic mass is 31.2. The van der Waals surface area contributed by atoms with Crippen LogP contribution in [0.1, 0.15) is 0 Å². The maximum atomic E-state index is 3.06. The van der Waals surface area contributed by atoms with E-state index in [2.05, 4.69) is 13.9 Å². The van der Waals surface area contributed by atoms with Gasteiger partial charge in [-0.15, -0.1) is 13.9 Å². The van der Waals surface area contributed by atoms with Crippen LogP contribution in [0.4, 0.5) is 0 Å². The van der Waals surface area contributed by atoms with Gasteiger partial charge in [-0.2, -0.15) is 0 Å². The second kappa shape index (κ2) is 2.71. The molecule has 3 N–H and O–H groups in total. The molecular weight excluding hydrogens is 135 g/mol. The van der Waals surface area contributed by atoms with Gasteiger partial charge in [0.2, 0.25) is 0 Å². The Labute approximate surface area is 40.7 Å². The van der Waals surface area contributed by atoms with Gasteiger partial charge in [0, 0.05) is 0 Å². The Balaban J connectivity index is 2.40. The topological polar surface area (TPSA) is 40.0 Å². The Kier molecular flexibility index (Phi) is 2.14. The van der Waals surface area contributed by atoms with Crippen molar-refractivity contribution < 1.29 is 9.03 Å². The van der Waals surface area contributed by atoms with Crippen LogP contribution in [-0.4, -0.2) is 0 Å². The molecule has 0 saturated carbocycles. The molecule has 0 amide bonds.